The number of H-pyrrole nitrogens is 1. The first-order valence-electron chi connectivity index (χ1n) is 12.1. The van der Waals surface area contributed by atoms with Crippen molar-refractivity contribution in [3.8, 4) is 22.8 Å². The van der Waals surface area contributed by atoms with E-state index in [0.29, 0.717) is 67.0 Å². The van der Waals surface area contributed by atoms with Gasteiger partial charge in [0.25, 0.3) is 0 Å². The maximum absolute atomic E-state index is 14.8. The van der Waals surface area contributed by atoms with Gasteiger partial charge in [0.15, 0.2) is 0 Å². The molecule has 188 valence electrons. The quantitative estimate of drug-likeness (QED) is 0.325. The molecule has 0 atom stereocenters. The van der Waals surface area contributed by atoms with Crippen LogP contribution in [0.5, 0.6) is 11.5 Å². The Morgan fingerprint density at radius 1 is 1.05 bits per heavy atom. The van der Waals surface area contributed by atoms with Crippen molar-refractivity contribution in [2.24, 2.45) is 0 Å². The Kier molecular flexibility index (Phi) is 6.28. The largest absolute Gasteiger partial charge is 0.456 e. The molecular formula is C28H24ClFN4O3. The Morgan fingerprint density at radius 2 is 1.92 bits per heavy atom. The summed E-state index contributed by atoms with van der Waals surface area (Å²) in [4.78, 5) is 21.6. The van der Waals surface area contributed by atoms with Gasteiger partial charge >= 0.3 is 0 Å². The topological polar surface area (TPSA) is 79.5 Å². The number of morpholine rings is 1. The predicted molar refractivity (Wildman–Crippen MR) is 141 cm³/mol. The maximum atomic E-state index is 14.8. The molecule has 1 fully saturated rings. The zero-order valence-electron chi connectivity index (χ0n) is 19.9. The highest BCUT2D eigenvalue weighted by atomic mass is 35.5. The predicted octanol–water partition coefficient (Wildman–Crippen LogP) is 5.37. The molecule has 2 aromatic carbocycles. The van der Waals surface area contributed by atoms with Crippen LogP contribution in [-0.4, -0.2) is 36.3 Å². The summed E-state index contributed by atoms with van der Waals surface area (Å²) >= 11 is 6.03. The van der Waals surface area contributed by atoms with E-state index in [0.717, 1.165) is 28.1 Å². The summed E-state index contributed by atoms with van der Waals surface area (Å²) in [6.45, 7) is 3.15. The van der Waals surface area contributed by atoms with Crippen LogP contribution in [0.2, 0.25) is 5.02 Å². The van der Waals surface area contributed by atoms with Crippen LogP contribution in [0.3, 0.4) is 0 Å². The molecule has 2 aliphatic rings. The molecule has 4 heterocycles. The van der Waals surface area contributed by atoms with Gasteiger partial charge in [-0.05, 0) is 48.0 Å². The molecule has 9 heteroatoms. The van der Waals surface area contributed by atoms with Crippen molar-refractivity contribution in [1.29, 1.82) is 0 Å². The number of fused-ring (bicyclic) bond motifs is 2. The van der Waals surface area contributed by atoms with E-state index in [2.05, 4.69) is 20.2 Å². The molecule has 2 aliphatic heterocycles. The van der Waals surface area contributed by atoms with Crippen LogP contribution in [0, 0.1) is 5.82 Å². The Morgan fingerprint density at radius 3 is 2.76 bits per heavy atom. The fourth-order valence-corrected chi connectivity index (χ4v) is 4.98. The molecule has 7 nitrogen and oxygen atoms in total. The lowest BCUT2D eigenvalue weighted by molar-refractivity contribution is 0.122. The summed E-state index contributed by atoms with van der Waals surface area (Å²) < 4.78 is 26.5. The summed E-state index contributed by atoms with van der Waals surface area (Å²) in [5, 5.41) is 3.96. The highest BCUT2D eigenvalue weighted by Gasteiger charge is 2.24. The number of benzene rings is 2. The number of nitrogens with zero attached hydrogens (tertiary/aromatic N) is 2. The second-order valence-corrected chi connectivity index (χ2v) is 9.56. The summed E-state index contributed by atoms with van der Waals surface area (Å²) in [5.74, 6) is 0.859. The number of hydrogen-bond donors (Lipinski definition) is 2. The number of nitrogens with one attached hydrogen (secondary N) is 2. The first-order valence-corrected chi connectivity index (χ1v) is 12.4. The third-order valence-electron chi connectivity index (χ3n) is 6.54. The Balaban J connectivity index is 1.29. The van der Waals surface area contributed by atoms with Gasteiger partial charge in [0, 0.05) is 72.6 Å². The second-order valence-electron chi connectivity index (χ2n) is 9.12. The Hall–Kier alpha value is -3.88. The molecule has 0 spiro atoms. The average Bonchev–Trinajstić information content (AvgIpc) is 2.90. The third-order valence-corrected chi connectivity index (χ3v) is 6.74. The van der Waals surface area contributed by atoms with Gasteiger partial charge < -0.3 is 24.7 Å². The van der Waals surface area contributed by atoms with Gasteiger partial charge in [0.1, 0.15) is 17.3 Å². The SMILES string of the molecule is O=c1cc(N2CCOCC2)cc(-c2cc(F)cc3c2Oc2ccc(NCc4cncc(Cl)c4)cc2C3)[nH]1. The minimum Gasteiger partial charge on any atom is -0.456 e. The maximum Gasteiger partial charge on any atom is 0.250 e. The molecule has 37 heavy (non-hydrogen) atoms. The van der Waals surface area contributed by atoms with Crippen LogP contribution in [0.25, 0.3) is 11.3 Å². The van der Waals surface area contributed by atoms with Crippen LogP contribution < -0.4 is 20.5 Å². The molecule has 0 amide bonds. The molecular weight excluding hydrogens is 495 g/mol. The molecule has 0 radical (unpaired) electrons. The van der Waals surface area contributed by atoms with E-state index in [1.807, 2.05) is 30.3 Å². The monoisotopic (exact) mass is 518 g/mol. The molecule has 0 aliphatic carbocycles. The van der Waals surface area contributed by atoms with E-state index < -0.39 is 0 Å². The molecule has 2 N–H and O–H groups in total. The summed E-state index contributed by atoms with van der Waals surface area (Å²) in [6, 6.07) is 14.0. The van der Waals surface area contributed by atoms with E-state index in [1.165, 1.54) is 12.1 Å². The Bertz CT molecular complexity index is 1530. The number of anilines is 2. The second kappa shape index (κ2) is 9.88. The normalized spacial score (nSPS) is 14.5. The summed E-state index contributed by atoms with van der Waals surface area (Å²) in [5.41, 5.74) is 5.09. The van der Waals surface area contributed by atoms with E-state index in [9.17, 15) is 9.18 Å². The van der Waals surface area contributed by atoms with Gasteiger partial charge in [0.05, 0.1) is 23.9 Å². The number of hydrogen-bond acceptors (Lipinski definition) is 6. The van der Waals surface area contributed by atoms with Gasteiger partial charge in [-0.3, -0.25) is 9.78 Å². The lowest BCUT2D eigenvalue weighted by atomic mass is 9.95. The molecule has 0 unspecified atom stereocenters. The van der Waals surface area contributed by atoms with E-state index >= 15 is 0 Å². The van der Waals surface area contributed by atoms with Crippen molar-refractivity contribution in [2.75, 3.05) is 36.5 Å². The molecule has 4 aromatic rings. The average molecular weight is 519 g/mol. The van der Waals surface area contributed by atoms with Crippen LogP contribution in [-0.2, 0) is 17.7 Å². The highest BCUT2D eigenvalue weighted by molar-refractivity contribution is 6.30. The minimum absolute atomic E-state index is 0.251. The highest BCUT2D eigenvalue weighted by Crippen LogP contribution is 2.44. The fraction of sp³-hybridized carbons (Fsp3) is 0.214. The first-order chi connectivity index (χ1) is 18.0. The van der Waals surface area contributed by atoms with E-state index in [-0.39, 0.29) is 11.4 Å². The van der Waals surface area contributed by atoms with Crippen molar-refractivity contribution in [3.63, 3.8) is 0 Å². The first kappa shape index (κ1) is 23.5. The van der Waals surface area contributed by atoms with Crippen LogP contribution in [0.4, 0.5) is 15.8 Å². The number of halogens is 2. The van der Waals surface area contributed by atoms with Gasteiger partial charge in [0.2, 0.25) is 5.56 Å². The van der Waals surface area contributed by atoms with Crippen molar-refractivity contribution < 1.29 is 13.9 Å². The van der Waals surface area contributed by atoms with Crippen LogP contribution in [0.1, 0.15) is 16.7 Å². The molecule has 6 rings (SSSR count). The van der Waals surface area contributed by atoms with Gasteiger partial charge in [-0.25, -0.2) is 4.39 Å². The zero-order chi connectivity index (χ0) is 25.4. The standard InChI is InChI=1S/C28H24ClFN4O3/c29-20-7-17(14-31-16-20)15-32-22-1-2-26-18(10-22)8-19-9-21(30)11-24(28(19)37-26)25-12-23(13-27(35)33-25)34-3-5-36-6-4-34/h1-2,7,9-14,16,32H,3-6,8,15H2,(H,33,35). The smallest absolute Gasteiger partial charge is 0.250 e. The summed E-state index contributed by atoms with van der Waals surface area (Å²) in [7, 11) is 0. The number of aromatic nitrogens is 2. The van der Waals surface area contributed by atoms with E-state index in [1.54, 1.807) is 18.5 Å². The van der Waals surface area contributed by atoms with E-state index in [4.69, 9.17) is 21.1 Å². The number of pyridine rings is 2. The number of aromatic amines is 1. The lowest BCUT2D eigenvalue weighted by Crippen LogP contribution is -2.36. The molecule has 2 aromatic heterocycles. The van der Waals surface area contributed by atoms with Crippen LogP contribution >= 0.6 is 11.6 Å². The van der Waals surface area contributed by atoms with Gasteiger partial charge in [-0.15, -0.1) is 0 Å². The van der Waals surface area contributed by atoms with Gasteiger partial charge in [-0.1, -0.05) is 11.6 Å². The fourth-order valence-electron chi connectivity index (χ4n) is 4.78. The molecule has 1 saturated heterocycles. The Labute approximate surface area is 217 Å². The van der Waals surface area contributed by atoms with Crippen molar-refractivity contribution in [2.45, 2.75) is 13.0 Å². The lowest BCUT2D eigenvalue weighted by Gasteiger charge is -2.29. The van der Waals surface area contributed by atoms with Gasteiger partial charge in [-0.2, -0.15) is 0 Å². The van der Waals surface area contributed by atoms with Crippen molar-refractivity contribution in [1.82, 2.24) is 9.97 Å². The number of ether oxygens (including phenoxy) is 2. The van der Waals surface area contributed by atoms with Crippen LogP contribution in [0.15, 0.2) is 65.7 Å². The minimum atomic E-state index is -0.388. The van der Waals surface area contributed by atoms with Crippen molar-refractivity contribution in [3.05, 3.63) is 98.8 Å². The van der Waals surface area contributed by atoms with Crippen molar-refractivity contribution >= 4 is 23.0 Å². The molecule has 0 bridgehead atoms. The number of rotatable bonds is 5. The third kappa shape index (κ3) is 5.03. The molecule has 0 saturated carbocycles. The summed E-state index contributed by atoms with van der Waals surface area (Å²) in [6.07, 6.45) is 3.86. The zero-order valence-corrected chi connectivity index (χ0v) is 20.6.